The van der Waals surface area contributed by atoms with Gasteiger partial charge in [0.15, 0.2) is 11.6 Å². The fraction of sp³-hybridized carbons (Fsp3) is 0.0714. The van der Waals surface area contributed by atoms with E-state index in [2.05, 4.69) is 128 Å². The molecule has 8 aromatic rings. The second kappa shape index (κ2) is 10.1. The topological polar surface area (TPSA) is 43.6 Å². The third kappa shape index (κ3) is 3.97. The standard InChI is InChI=1S/C42H30N4/c1-42(2)35-21-13-12-20-31(35)32-23-24-33-34-26-30(27-14-6-3-7-15-27)22-25-36(34)46(38(33)37(32)42)41-44-39(28-16-8-4-9-17-28)43-40(45-41)29-18-10-5-11-19-29/h3-26H,1-2H3. The second-order valence-electron chi connectivity index (χ2n) is 12.5. The van der Waals surface area contributed by atoms with Crippen molar-refractivity contribution in [3.63, 3.8) is 0 Å². The van der Waals surface area contributed by atoms with E-state index in [9.17, 15) is 0 Å². The van der Waals surface area contributed by atoms with E-state index in [0.29, 0.717) is 17.6 Å². The molecule has 0 fully saturated rings. The van der Waals surface area contributed by atoms with Gasteiger partial charge in [-0.15, -0.1) is 0 Å². The van der Waals surface area contributed by atoms with Gasteiger partial charge in [-0.05, 0) is 45.5 Å². The third-order valence-corrected chi connectivity index (χ3v) is 9.44. The van der Waals surface area contributed by atoms with Gasteiger partial charge in [0.05, 0.1) is 11.0 Å². The summed E-state index contributed by atoms with van der Waals surface area (Å²) in [7, 11) is 0. The highest BCUT2D eigenvalue weighted by Gasteiger charge is 2.38. The van der Waals surface area contributed by atoms with Gasteiger partial charge in [-0.1, -0.05) is 147 Å². The Morgan fingerprint density at radius 3 is 1.72 bits per heavy atom. The predicted molar refractivity (Wildman–Crippen MR) is 188 cm³/mol. The van der Waals surface area contributed by atoms with Gasteiger partial charge < -0.3 is 0 Å². The Kier molecular flexibility index (Phi) is 5.81. The predicted octanol–water partition coefficient (Wildman–Crippen LogP) is 10.3. The monoisotopic (exact) mass is 590 g/mol. The SMILES string of the molecule is CC1(C)c2ccccc2-c2ccc3c4cc(-c5ccccc5)ccc4n(-c4nc(-c5ccccc5)nc(-c5ccccc5)n4)c3c21. The maximum Gasteiger partial charge on any atom is 0.238 e. The Morgan fingerprint density at radius 2 is 1.07 bits per heavy atom. The van der Waals surface area contributed by atoms with Crippen LogP contribution >= 0.6 is 0 Å². The summed E-state index contributed by atoms with van der Waals surface area (Å²) >= 11 is 0. The molecule has 6 aromatic carbocycles. The number of benzene rings is 6. The van der Waals surface area contributed by atoms with Crippen molar-refractivity contribution >= 4 is 21.8 Å². The van der Waals surface area contributed by atoms with Crippen molar-refractivity contribution in [2.45, 2.75) is 19.3 Å². The van der Waals surface area contributed by atoms with Crippen LogP contribution in [0.5, 0.6) is 0 Å². The molecule has 0 atom stereocenters. The van der Waals surface area contributed by atoms with Gasteiger partial charge >= 0.3 is 0 Å². The molecule has 2 heterocycles. The fourth-order valence-corrected chi connectivity index (χ4v) is 7.28. The molecule has 218 valence electrons. The summed E-state index contributed by atoms with van der Waals surface area (Å²) in [6.45, 7) is 4.68. The van der Waals surface area contributed by atoms with Crippen LogP contribution in [0.4, 0.5) is 0 Å². The van der Waals surface area contributed by atoms with Crippen molar-refractivity contribution < 1.29 is 0 Å². The minimum absolute atomic E-state index is 0.225. The molecule has 2 aromatic heterocycles. The number of fused-ring (bicyclic) bond motifs is 7. The van der Waals surface area contributed by atoms with E-state index in [4.69, 9.17) is 15.0 Å². The molecule has 9 rings (SSSR count). The second-order valence-corrected chi connectivity index (χ2v) is 12.5. The molecule has 0 saturated carbocycles. The van der Waals surface area contributed by atoms with Gasteiger partial charge in [0.1, 0.15) is 0 Å². The highest BCUT2D eigenvalue weighted by Crippen LogP contribution is 2.53. The van der Waals surface area contributed by atoms with Gasteiger partial charge in [0, 0.05) is 27.3 Å². The lowest BCUT2D eigenvalue weighted by atomic mass is 9.81. The van der Waals surface area contributed by atoms with Crippen LogP contribution in [0.3, 0.4) is 0 Å². The van der Waals surface area contributed by atoms with Gasteiger partial charge in [-0.2, -0.15) is 9.97 Å². The van der Waals surface area contributed by atoms with Gasteiger partial charge in [-0.3, -0.25) is 4.57 Å². The Bertz CT molecular complexity index is 2370. The molecule has 0 saturated heterocycles. The first-order chi connectivity index (χ1) is 22.6. The van der Waals surface area contributed by atoms with Crippen molar-refractivity contribution in [2.24, 2.45) is 0 Å². The van der Waals surface area contributed by atoms with Crippen LogP contribution in [-0.2, 0) is 5.41 Å². The number of hydrogen-bond acceptors (Lipinski definition) is 3. The van der Waals surface area contributed by atoms with E-state index in [0.717, 1.165) is 22.2 Å². The molecule has 0 bridgehead atoms. The van der Waals surface area contributed by atoms with E-state index in [1.54, 1.807) is 0 Å². The lowest BCUT2D eigenvalue weighted by molar-refractivity contribution is 0.663. The van der Waals surface area contributed by atoms with Crippen LogP contribution in [0.15, 0.2) is 146 Å². The highest BCUT2D eigenvalue weighted by atomic mass is 15.2. The number of hydrogen-bond donors (Lipinski definition) is 0. The average molecular weight is 591 g/mol. The zero-order valence-electron chi connectivity index (χ0n) is 25.6. The average Bonchev–Trinajstić information content (AvgIpc) is 3.57. The van der Waals surface area contributed by atoms with Crippen molar-refractivity contribution in [1.82, 2.24) is 19.5 Å². The molecular weight excluding hydrogens is 560 g/mol. The van der Waals surface area contributed by atoms with Crippen LogP contribution in [0.25, 0.3) is 72.8 Å². The molecule has 1 aliphatic rings. The summed E-state index contributed by atoms with van der Waals surface area (Å²) in [4.78, 5) is 15.4. The van der Waals surface area contributed by atoms with Crippen LogP contribution < -0.4 is 0 Å². The molecule has 0 N–H and O–H groups in total. The smallest absolute Gasteiger partial charge is 0.238 e. The molecule has 4 nitrogen and oxygen atoms in total. The van der Waals surface area contributed by atoms with Gasteiger partial charge in [0.25, 0.3) is 0 Å². The zero-order valence-corrected chi connectivity index (χ0v) is 25.6. The largest absolute Gasteiger partial charge is 0.277 e. The Labute approximate surface area is 267 Å². The molecule has 0 spiro atoms. The lowest BCUT2D eigenvalue weighted by Crippen LogP contribution is -2.17. The van der Waals surface area contributed by atoms with Crippen molar-refractivity contribution in [2.75, 3.05) is 0 Å². The van der Waals surface area contributed by atoms with Crippen LogP contribution in [-0.4, -0.2) is 19.5 Å². The summed E-state index contributed by atoms with van der Waals surface area (Å²) in [5.74, 6) is 1.91. The summed E-state index contributed by atoms with van der Waals surface area (Å²) in [6.07, 6.45) is 0. The maximum absolute atomic E-state index is 5.22. The molecular formula is C42H30N4. The van der Waals surface area contributed by atoms with Crippen LogP contribution in [0.2, 0.25) is 0 Å². The van der Waals surface area contributed by atoms with E-state index in [1.807, 2.05) is 36.4 Å². The quantitative estimate of drug-likeness (QED) is 0.205. The summed E-state index contributed by atoms with van der Waals surface area (Å²) in [6, 6.07) is 51.1. The Morgan fingerprint density at radius 1 is 0.478 bits per heavy atom. The first-order valence-corrected chi connectivity index (χ1v) is 15.7. The van der Waals surface area contributed by atoms with E-state index >= 15 is 0 Å². The third-order valence-electron chi connectivity index (χ3n) is 9.44. The minimum Gasteiger partial charge on any atom is -0.277 e. The normalized spacial score (nSPS) is 13.2. The molecule has 46 heavy (non-hydrogen) atoms. The fourth-order valence-electron chi connectivity index (χ4n) is 7.28. The molecule has 0 aliphatic heterocycles. The van der Waals surface area contributed by atoms with Crippen molar-refractivity contribution in [3.8, 4) is 51.0 Å². The summed E-state index contributed by atoms with van der Waals surface area (Å²) in [5, 5.41) is 2.36. The molecule has 0 unspecified atom stereocenters. The lowest BCUT2D eigenvalue weighted by Gasteiger charge is -2.23. The summed E-state index contributed by atoms with van der Waals surface area (Å²) in [5.41, 5.74) is 11.5. The number of rotatable bonds is 4. The molecule has 0 amide bonds. The summed E-state index contributed by atoms with van der Waals surface area (Å²) < 4.78 is 2.28. The first-order valence-electron chi connectivity index (χ1n) is 15.7. The van der Waals surface area contributed by atoms with E-state index in [1.165, 1.54) is 44.2 Å². The Hall–Kier alpha value is -5.87. The van der Waals surface area contributed by atoms with Crippen molar-refractivity contribution in [1.29, 1.82) is 0 Å². The maximum atomic E-state index is 5.22. The number of aromatic nitrogens is 4. The molecule has 1 aliphatic carbocycles. The van der Waals surface area contributed by atoms with Crippen molar-refractivity contribution in [3.05, 3.63) is 157 Å². The van der Waals surface area contributed by atoms with Gasteiger partial charge in [-0.25, -0.2) is 4.98 Å². The molecule has 4 heteroatoms. The highest BCUT2D eigenvalue weighted by molar-refractivity contribution is 6.13. The Balaban J connectivity index is 1.42. The van der Waals surface area contributed by atoms with E-state index in [-0.39, 0.29) is 5.41 Å². The molecule has 0 radical (unpaired) electrons. The van der Waals surface area contributed by atoms with Crippen LogP contribution in [0, 0.1) is 0 Å². The van der Waals surface area contributed by atoms with E-state index < -0.39 is 0 Å². The van der Waals surface area contributed by atoms with Gasteiger partial charge in [0.2, 0.25) is 5.95 Å². The zero-order chi connectivity index (χ0) is 30.8. The number of nitrogens with zero attached hydrogens (tertiary/aromatic N) is 4. The first kappa shape index (κ1) is 26.5. The minimum atomic E-state index is -0.225. The van der Waals surface area contributed by atoms with Crippen LogP contribution in [0.1, 0.15) is 25.0 Å².